The summed E-state index contributed by atoms with van der Waals surface area (Å²) in [6, 6.07) is 9.29. The van der Waals surface area contributed by atoms with Crippen LogP contribution in [0.4, 0.5) is 4.79 Å². The number of benzene rings is 1. The average molecular weight is 275 g/mol. The number of hydrogen-bond donors (Lipinski definition) is 0. The summed E-state index contributed by atoms with van der Waals surface area (Å²) in [5.74, 6) is 0.0245. The van der Waals surface area contributed by atoms with Crippen LogP contribution < -0.4 is 0 Å². The van der Waals surface area contributed by atoms with Crippen LogP contribution in [0.5, 0.6) is 0 Å². The molecule has 0 spiro atoms. The highest BCUT2D eigenvalue weighted by molar-refractivity contribution is 5.96. The van der Waals surface area contributed by atoms with Crippen LogP contribution in [0.2, 0.25) is 0 Å². The molecule has 1 saturated carbocycles. The van der Waals surface area contributed by atoms with Crippen molar-refractivity contribution in [3.05, 3.63) is 35.9 Å². The number of cyclic esters (lactones) is 1. The second-order valence-corrected chi connectivity index (χ2v) is 5.36. The minimum atomic E-state index is -0.920. The quantitative estimate of drug-likeness (QED) is 0.845. The number of nitrogens with zero attached hydrogens (tertiary/aromatic N) is 1. The summed E-state index contributed by atoms with van der Waals surface area (Å²) in [6.07, 6.45) is -0.0531. The molecule has 0 unspecified atom stereocenters. The molecule has 2 aliphatic rings. The Morgan fingerprint density at radius 1 is 1.30 bits per heavy atom. The smallest absolute Gasteiger partial charge is 0.410 e. The van der Waals surface area contributed by atoms with E-state index in [0.717, 1.165) is 5.56 Å². The minimum absolute atomic E-state index is 0.0245. The molecule has 0 N–H and O–H groups in total. The molecule has 0 bridgehead atoms. The highest BCUT2D eigenvalue weighted by atomic mass is 16.6. The summed E-state index contributed by atoms with van der Waals surface area (Å²) in [6.45, 7) is 2.05. The van der Waals surface area contributed by atoms with Crippen molar-refractivity contribution >= 4 is 11.9 Å². The molecule has 1 saturated heterocycles. The number of Topliss-reactive ketones (excluding diaryl/α,β-unsaturated/α-hetero) is 1. The first-order valence-electron chi connectivity index (χ1n) is 6.66. The first-order valence-corrected chi connectivity index (χ1v) is 6.66. The molecule has 20 heavy (non-hydrogen) atoms. The molecule has 106 valence electrons. The van der Waals surface area contributed by atoms with Gasteiger partial charge in [0.25, 0.3) is 0 Å². The summed E-state index contributed by atoms with van der Waals surface area (Å²) in [5.41, 5.74) is 0.0901. The molecular formula is C15H17NO4. The van der Waals surface area contributed by atoms with Crippen molar-refractivity contribution in [1.82, 2.24) is 4.90 Å². The van der Waals surface area contributed by atoms with E-state index in [-0.39, 0.29) is 24.0 Å². The monoisotopic (exact) mass is 275 g/mol. The summed E-state index contributed by atoms with van der Waals surface area (Å²) in [4.78, 5) is 25.5. The Hall–Kier alpha value is -1.88. The van der Waals surface area contributed by atoms with Crippen LogP contribution >= 0.6 is 0 Å². The number of ketones is 1. The first-order chi connectivity index (χ1) is 9.58. The van der Waals surface area contributed by atoms with E-state index in [4.69, 9.17) is 9.47 Å². The second-order valence-electron chi connectivity index (χ2n) is 5.36. The Balaban J connectivity index is 1.91. The third-order valence-electron chi connectivity index (χ3n) is 4.42. The Morgan fingerprint density at radius 3 is 2.60 bits per heavy atom. The number of carbonyl (C=O) groups excluding carboxylic acids is 2. The Bertz CT molecular complexity index is 544. The van der Waals surface area contributed by atoms with Crippen molar-refractivity contribution in [3.63, 3.8) is 0 Å². The summed E-state index contributed by atoms with van der Waals surface area (Å²) >= 11 is 0. The van der Waals surface area contributed by atoms with Crippen molar-refractivity contribution in [1.29, 1.82) is 0 Å². The van der Waals surface area contributed by atoms with E-state index in [1.807, 2.05) is 30.3 Å². The molecule has 1 heterocycles. The first kappa shape index (κ1) is 13.1. The van der Waals surface area contributed by atoms with Crippen LogP contribution in [0.3, 0.4) is 0 Å². The van der Waals surface area contributed by atoms with E-state index in [0.29, 0.717) is 13.0 Å². The Kier molecular flexibility index (Phi) is 3.01. The molecule has 1 aliphatic carbocycles. The van der Waals surface area contributed by atoms with Gasteiger partial charge in [-0.25, -0.2) is 4.79 Å². The van der Waals surface area contributed by atoms with Gasteiger partial charge in [0.15, 0.2) is 5.78 Å². The van der Waals surface area contributed by atoms with Gasteiger partial charge in [-0.1, -0.05) is 30.3 Å². The minimum Gasteiger partial charge on any atom is -0.447 e. The molecule has 1 aromatic rings. The largest absolute Gasteiger partial charge is 0.447 e. The highest BCUT2D eigenvalue weighted by Gasteiger charge is 2.58. The van der Waals surface area contributed by atoms with E-state index in [9.17, 15) is 9.59 Å². The fourth-order valence-electron chi connectivity index (χ4n) is 2.95. The van der Waals surface area contributed by atoms with Gasteiger partial charge in [0, 0.05) is 13.5 Å². The van der Waals surface area contributed by atoms with Crippen LogP contribution in [-0.4, -0.2) is 42.1 Å². The molecule has 1 amide bonds. The summed E-state index contributed by atoms with van der Waals surface area (Å²) in [7, 11) is 1.50. The van der Waals surface area contributed by atoms with Gasteiger partial charge in [-0.3, -0.25) is 9.69 Å². The van der Waals surface area contributed by atoms with Crippen LogP contribution in [0.1, 0.15) is 24.9 Å². The van der Waals surface area contributed by atoms with Gasteiger partial charge in [0.2, 0.25) is 0 Å². The van der Waals surface area contributed by atoms with Crippen LogP contribution in [-0.2, 0) is 14.3 Å². The number of hydrogen-bond acceptors (Lipinski definition) is 4. The highest BCUT2D eigenvalue weighted by Crippen LogP contribution is 2.42. The molecule has 5 nitrogen and oxygen atoms in total. The lowest BCUT2D eigenvalue weighted by atomic mass is 9.73. The number of carbonyl (C=O) groups is 2. The maximum absolute atomic E-state index is 12.0. The van der Waals surface area contributed by atoms with E-state index < -0.39 is 5.60 Å². The predicted octanol–water partition coefficient (Wildman–Crippen LogP) is 1.93. The number of rotatable bonds is 3. The average Bonchev–Trinajstić information content (AvgIpc) is 2.86. The summed E-state index contributed by atoms with van der Waals surface area (Å²) in [5, 5.41) is 0. The number of amides is 1. The van der Waals surface area contributed by atoms with Crippen molar-refractivity contribution in [2.45, 2.75) is 31.0 Å². The third kappa shape index (κ3) is 1.73. The van der Waals surface area contributed by atoms with Crippen molar-refractivity contribution < 1.29 is 19.1 Å². The lowest BCUT2D eigenvalue weighted by Crippen LogP contribution is -2.66. The zero-order valence-corrected chi connectivity index (χ0v) is 11.5. The van der Waals surface area contributed by atoms with Crippen LogP contribution in [0.25, 0.3) is 0 Å². The normalized spacial score (nSPS) is 33.0. The lowest BCUT2D eigenvalue weighted by molar-refractivity contribution is -0.167. The fourth-order valence-corrected chi connectivity index (χ4v) is 2.95. The van der Waals surface area contributed by atoms with Crippen LogP contribution in [0, 0.1) is 0 Å². The van der Waals surface area contributed by atoms with Gasteiger partial charge in [-0.05, 0) is 12.5 Å². The maximum Gasteiger partial charge on any atom is 0.410 e. The molecule has 2 fully saturated rings. The number of ether oxygens (including phenoxy) is 2. The van der Waals surface area contributed by atoms with Gasteiger partial charge >= 0.3 is 6.09 Å². The zero-order valence-electron chi connectivity index (χ0n) is 11.5. The van der Waals surface area contributed by atoms with Crippen LogP contribution in [0.15, 0.2) is 30.3 Å². The molecule has 1 aromatic carbocycles. The molecule has 0 radical (unpaired) electrons. The van der Waals surface area contributed by atoms with Gasteiger partial charge in [-0.2, -0.15) is 0 Å². The Labute approximate surface area is 117 Å². The maximum atomic E-state index is 12.0. The SMILES string of the molecule is CO[C@@]1(C)C(=O)C[C@@H]1N1C(=O)OC[C@H]1c1ccccc1. The van der Waals surface area contributed by atoms with E-state index in [1.165, 1.54) is 7.11 Å². The topological polar surface area (TPSA) is 55.8 Å². The fraction of sp³-hybridized carbons (Fsp3) is 0.467. The molecule has 0 aromatic heterocycles. The second kappa shape index (κ2) is 4.59. The molecule has 3 atom stereocenters. The van der Waals surface area contributed by atoms with Gasteiger partial charge in [0.05, 0.1) is 12.1 Å². The van der Waals surface area contributed by atoms with Gasteiger partial charge in [-0.15, -0.1) is 0 Å². The van der Waals surface area contributed by atoms with E-state index >= 15 is 0 Å². The van der Waals surface area contributed by atoms with E-state index in [2.05, 4.69) is 0 Å². The number of methoxy groups -OCH3 is 1. The van der Waals surface area contributed by atoms with E-state index in [1.54, 1.807) is 11.8 Å². The van der Waals surface area contributed by atoms with Crippen molar-refractivity contribution in [3.8, 4) is 0 Å². The van der Waals surface area contributed by atoms with Crippen molar-refractivity contribution in [2.75, 3.05) is 13.7 Å². The molecule has 1 aliphatic heterocycles. The standard InChI is InChI=1S/C15H17NO4/c1-15(19-2)12(8-13(15)17)16-11(9-20-14(16)18)10-6-4-3-5-7-10/h3-7,11-12H,8-9H2,1-2H3/t11-,12-,15+/m0/s1. The molecular weight excluding hydrogens is 258 g/mol. The van der Waals surface area contributed by atoms with Gasteiger partial charge in [0.1, 0.15) is 12.2 Å². The van der Waals surface area contributed by atoms with Gasteiger partial charge < -0.3 is 9.47 Å². The van der Waals surface area contributed by atoms with Crippen molar-refractivity contribution in [2.24, 2.45) is 0 Å². The zero-order chi connectivity index (χ0) is 14.3. The predicted molar refractivity (Wildman–Crippen MR) is 71.2 cm³/mol. The molecule has 5 heteroatoms. The lowest BCUT2D eigenvalue weighted by Gasteiger charge is -2.48. The molecule has 3 rings (SSSR count). The summed E-state index contributed by atoms with van der Waals surface area (Å²) < 4.78 is 10.5. The third-order valence-corrected chi connectivity index (χ3v) is 4.42. The Morgan fingerprint density at radius 2 is 2.00 bits per heavy atom.